The highest BCUT2D eigenvalue weighted by atomic mass is 16.3. The molecule has 0 saturated carbocycles. The quantitative estimate of drug-likeness (QED) is 0.183. The summed E-state index contributed by atoms with van der Waals surface area (Å²) in [5.74, 6) is 0. The maximum atomic E-state index is 6.69. The zero-order valence-electron chi connectivity index (χ0n) is 27.6. The molecule has 0 aliphatic heterocycles. The average Bonchev–Trinajstić information content (AvgIpc) is 3.91. The molecule has 2 aromatic heterocycles. The highest BCUT2D eigenvalue weighted by molar-refractivity contribution is 6.14. The summed E-state index contributed by atoms with van der Waals surface area (Å²) < 4.78 is 9.09. The van der Waals surface area contributed by atoms with Gasteiger partial charge in [0.15, 0.2) is 0 Å². The van der Waals surface area contributed by atoms with Gasteiger partial charge in [-0.05, 0) is 98.1 Å². The molecule has 0 saturated heterocycles. The van der Waals surface area contributed by atoms with Crippen molar-refractivity contribution in [3.8, 4) is 39.1 Å². The lowest BCUT2D eigenvalue weighted by Crippen LogP contribution is -2.25. The molecule has 2 aliphatic carbocycles. The minimum atomic E-state index is -0.365. The summed E-state index contributed by atoms with van der Waals surface area (Å²) in [6.45, 7) is 0. The Hall–Kier alpha value is -6.64. The van der Waals surface area contributed by atoms with E-state index in [1.54, 1.807) is 0 Å². The van der Waals surface area contributed by atoms with Crippen LogP contribution in [0, 0.1) is 0 Å². The van der Waals surface area contributed by atoms with E-state index in [4.69, 9.17) is 4.42 Å². The second-order valence-electron chi connectivity index (χ2n) is 14.0. The van der Waals surface area contributed by atoms with Crippen molar-refractivity contribution in [2.24, 2.45) is 0 Å². The van der Waals surface area contributed by atoms with Crippen molar-refractivity contribution in [3.63, 3.8) is 0 Å². The van der Waals surface area contributed by atoms with E-state index in [1.165, 1.54) is 71.9 Å². The zero-order chi connectivity index (χ0) is 33.3. The summed E-state index contributed by atoms with van der Waals surface area (Å²) in [5.41, 5.74) is 18.0. The Labute approximate surface area is 294 Å². The van der Waals surface area contributed by atoms with Gasteiger partial charge < -0.3 is 8.98 Å². The van der Waals surface area contributed by atoms with Crippen LogP contribution in [-0.4, -0.2) is 4.57 Å². The topological polar surface area (TPSA) is 18.1 Å². The van der Waals surface area contributed by atoms with Crippen LogP contribution in [0.15, 0.2) is 180 Å². The normalized spacial score (nSPS) is 13.6. The van der Waals surface area contributed by atoms with Crippen molar-refractivity contribution in [1.29, 1.82) is 0 Å². The Balaban J connectivity index is 1.07. The van der Waals surface area contributed by atoms with Crippen molar-refractivity contribution in [1.82, 2.24) is 4.57 Å². The summed E-state index contributed by atoms with van der Waals surface area (Å²) in [5, 5.41) is 4.76. The lowest BCUT2D eigenvalue weighted by molar-refractivity contribution is 0.669. The number of fused-ring (bicyclic) bond motifs is 16. The van der Waals surface area contributed by atoms with Crippen LogP contribution in [0.3, 0.4) is 0 Å². The first-order valence-corrected chi connectivity index (χ1v) is 17.7. The van der Waals surface area contributed by atoms with Gasteiger partial charge in [0.1, 0.15) is 11.2 Å². The summed E-state index contributed by atoms with van der Waals surface area (Å²) in [7, 11) is 0. The van der Waals surface area contributed by atoms with Crippen LogP contribution in [0.2, 0.25) is 0 Å². The Bertz CT molecular complexity index is 2980. The zero-order valence-corrected chi connectivity index (χ0v) is 27.6. The third kappa shape index (κ3) is 3.37. The maximum absolute atomic E-state index is 6.69. The molecule has 0 N–H and O–H groups in total. The second kappa shape index (κ2) is 9.74. The minimum Gasteiger partial charge on any atom is -0.456 e. The highest BCUT2D eigenvalue weighted by Gasteiger charge is 2.51. The van der Waals surface area contributed by atoms with Crippen LogP contribution in [0.4, 0.5) is 0 Å². The number of benzene rings is 8. The first-order valence-electron chi connectivity index (χ1n) is 17.7. The first kappa shape index (κ1) is 27.2. The maximum Gasteiger partial charge on any atom is 0.137 e. The van der Waals surface area contributed by atoms with Gasteiger partial charge in [0.05, 0.1) is 27.5 Å². The number of nitrogens with zero attached hydrogens (tertiary/aromatic N) is 1. The Kier molecular flexibility index (Phi) is 5.20. The number of aromatic nitrogens is 1. The van der Waals surface area contributed by atoms with E-state index < -0.39 is 0 Å². The molecular formula is C49H29NO. The van der Waals surface area contributed by atoms with Gasteiger partial charge in [0.2, 0.25) is 0 Å². The fourth-order valence-electron chi connectivity index (χ4n) is 9.63. The van der Waals surface area contributed by atoms with Crippen LogP contribution in [0.25, 0.3) is 82.8 Å². The largest absolute Gasteiger partial charge is 0.456 e. The molecule has 0 fully saturated rings. The molecule has 12 rings (SSSR count). The van der Waals surface area contributed by atoms with E-state index in [9.17, 15) is 0 Å². The van der Waals surface area contributed by atoms with Crippen LogP contribution < -0.4 is 0 Å². The molecule has 10 aromatic rings. The summed E-state index contributed by atoms with van der Waals surface area (Å²) in [6, 6.07) is 64.6. The van der Waals surface area contributed by atoms with E-state index in [1.807, 2.05) is 0 Å². The molecule has 51 heavy (non-hydrogen) atoms. The van der Waals surface area contributed by atoms with Gasteiger partial charge in [-0.25, -0.2) is 0 Å². The van der Waals surface area contributed by atoms with Crippen LogP contribution in [-0.2, 0) is 5.41 Å². The van der Waals surface area contributed by atoms with Gasteiger partial charge >= 0.3 is 0 Å². The van der Waals surface area contributed by atoms with Gasteiger partial charge in [-0.3, -0.25) is 0 Å². The molecule has 2 nitrogen and oxygen atoms in total. The Morgan fingerprint density at radius 3 is 1.55 bits per heavy atom. The van der Waals surface area contributed by atoms with Gasteiger partial charge in [-0.2, -0.15) is 0 Å². The van der Waals surface area contributed by atoms with Gasteiger partial charge in [-0.15, -0.1) is 0 Å². The van der Waals surface area contributed by atoms with Gasteiger partial charge in [-0.1, -0.05) is 133 Å². The van der Waals surface area contributed by atoms with Crippen LogP contribution in [0.1, 0.15) is 22.3 Å². The molecule has 0 bridgehead atoms. The monoisotopic (exact) mass is 647 g/mol. The lowest BCUT2D eigenvalue weighted by atomic mass is 9.70. The molecule has 2 heteroatoms. The third-order valence-electron chi connectivity index (χ3n) is 11.6. The van der Waals surface area contributed by atoms with Crippen LogP contribution >= 0.6 is 0 Å². The molecule has 0 amide bonds. The van der Waals surface area contributed by atoms with Crippen LogP contribution in [0.5, 0.6) is 0 Å². The minimum absolute atomic E-state index is 0.365. The van der Waals surface area contributed by atoms with E-state index in [2.05, 4.69) is 180 Å². The van der Waals surface area contributed by atoms with Crippen molar-refractivity contribution >= 4 is 43.7 Å². The predicted molar refractivity (Wildman–Crippen MR) is 210 cm³/mol. The highest BCUT2D eigenvalue weighted by Crippen LogP contribution is 2.63. The Morgan fingerprint density at radius 1 is 0.373 bits per heavy atom. The molecule has 236 valence electrons. The molecule has 2 aliphatic rings. The lowest BCUT2D eigenvalue weighted by Gasteiger charge is -2.30. The number of rotatable bonds is 2. The first-order chi connectivity index (χ1) is 25.3. The summed E-state index contributed by atoms with van der Waals surface area (Å²) >= 11 is 0. The van der Waals surface area contributed by atoms with E-state index in [0.717, 1.165) is 33.2 Å². The molecule has 0 unspecified atom stereocenters. The number of para-hydroxylation sites is 2. The second-order valence-corrected chi connectivity index (χ2v) is 14.0. The molecular weight excluding hydrogens is 619 g/mol. The number of hydrogen-bond acceptors (Lipinski definition) is 1. The van der Waals surface area contributed by atoms with Crippen molar-refractivity contribution < 1.29 is 4.42 Å². The molecule has 1 spiro atoms. The number of hydrogen-bond donors (Lipinski definition) is 0. The third-order valence-corrected chi connectivity index (χ3v) is 11.6. The fraction of sp³-hybridized carbons (Fsp3) is 0.0204. The van der Waals surface area contributed by atoms with E-state index in [-0.39, 0.29) is 5.41 Å². The van der Waals surface area contributed by atoms with E-state index in [0.29, 0.717) is 0 Å². The van der Waals surface area contributed by atoms with Gasteiger partial charge in [0.25, 0.3) is 0 Å². The predicted octanol–water partition coefficient (Wildman–Crippen LogP) is 12.7. The standard InChI is InChI=1S/C49H29NO/c1-6-17-39-32(12-1)33-13-2-7-18-40(33)49(39)41-19-8-3-14-34(41)35-26-24-30(28-42(35)49)31-25-27-38-47(29-31)51-46-23-11-22-45(48(38)46)50-43-20-9-4-15-36(43)37-16-5-10-21-44(37)50/h1-29H. The van der Waals surface area contributed by atoms with Crippen molar-refractivity contribution in [2.45, 2.75) is 5.41 Å². The van der Waals surface area contributed by atoms with Gasteiger partial charge in [0, 0.05) is 16.2 Å². The summed E-state index contributed by atoms with van der Waals surface area (Å²) in [6.07, 6.45) is 0. The Morgan fingerprint density at radius 2 is 0.902 bits per heavy atom. The molecule has 8 aromatic carbocycles. The van der Waals surface area contributed by atoms with E-state index >= 15 is 0 Å². The molecule has 0 radical (unpaired) electrons. The number of furan rings is 1. The SMILES string of the molecule is c1ccc2c(c1)-c1ccccc1C21c2ccccc2-c2ccc(-c3ccc4c(c3)oc3cccc(-n5c6ccccc6c6ccccc65)c34)cc21. The summed E-state index contributed by atoms with van der Waals surface area (Å²) in [4.78, 5) is 0. The molecule has 2 heterocycles. The molecule has 0 atom stereocenters. The average molecular weight is 648 g/mol. The fourth-order valence-corrected chi connectivity index (χ4v) is 9.63. The van der Waals surface area contributed by atoms with Crippen molar-refractivity contribution in [2.75, 3.05) is 0 Å². The van der Waals surface area contributed by atoms with Crippen molar-refractivity contribution in [3.05, 3.63) is 198 Å². The smallest absolute Gasteiger partial charge is 0.137 e.